The molecule has 1 amide bonds. The van der Waals surface area contributed by atoms with E-state index < -0.39 is 17.9 Å². The highest BCUT2D eigenvalue weighted by Crippen LogP contribution is 2.10. The summed E-state index contributed by atoms with van der Waals surface area (Å²) in [6.45, 7) is 0.678. The van der Waals surface area contributed by atoms with Gasteiger partial charge < -0.3 is 5.11 Å². The van der Waals surface area contributed by atoms with E-state index in [4.69, 9.17) is 5.11 Å². The molecule has 2 aliphatic heterocycles. The minimum absolute atomic E-state index is 0.136. The molecule has 2 rings (SSSR count). The first-order valence-corrected chi connectivity index (χ1v) is 4.00. The molecule has 0 saturated carbocycles. The molecule has 72 valence electrons. The maximum absolute atomic E-state index is 11.4. The van der Waals surface area contributed by atoms with Gasteiger partial charge in [-0.15, -0.1) is 0 Å². The summed E-state index contributed by atoms with van der Waals surface area (Å²) in [6.07, 6.45) is 0.633. The number of hydrogen-bond acceptors (Lipinski definition) is 5. The Labute approximate surface area is 74.0 Å². The molecule has 0 aromatic rings. The second-order valence-corrected chi connectivity index (χ2v) is 2.98. The lowest BCUT2D eigenvalue weighted by molar-refractivity contribution is -0.154. The fraction of sp³-hybridized carbons (Fsp3) is 0.667. The van der Waals surface area contributed by atoms with Crippen LogP contribution in [0.15, 0.2) is 0 Å². The molecule has 0 radical (unpaired) electrons. The number of nitrogens with one attached hydrogen (secondary N) is 3. The molecular weight excluding hydrogens is 176 g/mol. The van der Waals surface area contributed by atoms with Crippen LogP contribution in [-0.2, 0) is 9.59 Å². The Hall–Kier alpha value is -1.18. The van der Waals surface area contributed by atoms with Crippen LogP contribution >= 0.6 is 0 Å². The van der Waals surface area contributed by atoms with E-state index in [0.29, 0.717) is 6.54 Å². The van der Waals surface area contributed by atoms with Crippen LogP contribution in [0.2, 0.25) is 0 Å². The molecule has 2 saturated heterocycles. The Morgan fingerprint density at radius 3 is 3.00 bits per heavy atom. The van der Waals surface area contributed by atoms with Crippen LogP contribution in [0.25, 0.3) is 0 Å². The molecule has 0 aromatic carbocycles. The molecule has 0 aliphatic carbocycles. The highest BCUT2D eigenvalue weighted by Gasteiger charge is 2.41. The van der Waals surface area contributed by atoms with Crippen LogP contribution < -0.4 is 16.3 Å². The number of carbonyl (C=O) groups excluding carboxylic acids is 1. The van der Waals surface area contributed by atoms with E-state index in [1.165, 1.54) is 5.01 Å². The van der Waals surface area contributed by atoms with Crippen LogP contribution in [0, 0.1) is 0 Å². The molecule has 0 aromatic heterocycles. The average molecular weight is 186 g/mol. The van der Waals surface area contributed by atoms with E-state index in [-0.39, 0.29) is 6.17 Å². The van der Waals surface area contributed by atoms with Gasteiger partial charge >= 0.3 is 5.97 Å². The number of carboxylic acid groups (broad SMARTS) is 1. The van der Waals surface area contributed by atoms with Gasteiger partial charge in [0.15, 0.2) is 6.04 Å². The molecule has 0 spiro atoms. The normalized spacial score (nSPS) is 33.2. The third-order valence-corrected chi connectivity index (χ3v) is 2.14. The van der Waals surface area contributed by atoms with Gasteiger partial charge in [0.05, 0.1) is 0 Å². The molecule has 7 nitrogen and oxygen atoms in total. The lowest BCUT2D eigenvalue weighted by Crippen LogP contribution is -2.68. The number of rotatable bonds is 1. The van der Waals surface area contributed by atoms with Crippen molar-refractivity contribution in [3.8, 4) is 0 Å². The second kappa shape index (κ2) is 2.95. The van der Waals surface area contributed by atoms with Crippen LogP contribution in [-0.4, -0.2) is 40.7 Å². The predicted molar refractivity (Wildman–Crippen MR) is 40.9 cm³/mol. The Balaban J connectivity index is 2.13. The van der Waals surface area contributed by atoms with Gasteiger partial charge in [-0.05, 0) is 6.42 Å². The Morgan fingerprint density at radius 1 is 1.54 bits per heavy atom. The number of hydrogen-bond donors (Lipinski definition) is 4. The van der Waals surface area contributed by atoms with Gasteiger partial charge in [0.2, 0.25) is 0 Å². The van der Waals surface area contributed by atoms with E-state index in [1.807, 2.05) is 0 Å². The molecular formula is C6H10N4O3. The first-order valence-electron chi connectivity index (χ1n) is 4.00. The largest absolute Gasteiger partial charge is 0.480 e. The van der Waals surface area contributed by atoms with E-state index >= 15 is 0 Å². The van der Waals surface area contributed by atoms with Crippen molar-refractivity contribution in [3.05, 3.63) is 0 Å². The van der Waals surface area contributed by atoms with Gasteiger partial charge in [0.25, 0.3) is 5.91 Å². The summed E-state index contributed by atoms with van der Waals surface area (Å²) < 4.78 is 0. The summed E-state index contributed by atoms with van der Waals surface area (Å²) in [7, 11) is 0. The third kappa shape index (κ3) is 1.26. The molecule has 0 bridgehead atoms. The topological polar surface area (TPSA) is 93.7 Å². The number of carboxylic acids is 1. The Morgan fingerprint density at radius 2 is 2.31 bits per heavy atom. The smallest absolute Gasteiger partial charge is 0.331 e. The number of fused-ring (bicyclic) bond motifs is 1. The van der Waals surface area contributed by atoms with Crippen molar-refractivity contribution in [2.24, 2.45) is 0 Å². The molecule has 2 aliphatic rings. The number of hydrazine groups is 2. The highest BCUT2D eigenvalue weighted by molar-refractivity contribution is 6.01. The Bertz CT molecular complexity index is 256. The van der Waals surface area contributed by atoms with Crippen LogP contribution in [0.4, 0.5) is 0 Å². The molecule has 7 heteroatoms. The van der Waals surface area contributed by atoms with E-state index in [0.717, 1.165) is 6.42 Å². The van der Waals surface area contributed by atoms with Gasteiger partial charge in [-0.2, -0.15) is 0 Å². The van der Waals surface area contributed by atoms with Crippen molar-refractivity contribution < 1.29 is 14.7 Å². The van der Waals surface area contributed by atoms with E-state index in [2.05, 4.69) is 16.3 Å². The Kier molecular flexibility index (Phi) is 1.91. The van der Waals surface area contributed by atoms with Crippen molar-refractivity contribution in [1.29, 1.82) is 0 Å². The van der Waals surface area contributed by atoms with Crippen LogP contribution in [0.5, 0.6) is 0 Å². The second-order valence-electron chi connectivity index (χ2n) is 2.98. The third-order valence-electron chi connectivity index (χ3n) is 2.14. The molecule has 2 atom stereocenters. The minimum atomic E-state index is -1.19. The molecule has 2 fully saturated rings. The van der Waals surface area contributed by atoms with Crippen LogP contribution in [0.1, 0.15) is 6.42 Å². The van der Waals surface area contributed by atoms with Gasteiger partial charge in [0.1, 0.15) is 6.17 Å². The van der Waals surface area contributed by atoms with E-state index in [9.17, 15) is 9.59 Å². The number of amides is 1. The lowest BCUT2D eigenvalue weighted by atomic mass is 10.2. The van der Waals surface area contributed by atoms with Crippen molar-refractivity contribution in [2.45, 2.75) is 18.6 Å². The van der Waals surface area contributed by atoms with Crippen molar-refractivity contribution in [1.82, 2.24) is 21.3 Å². The molecule has 2 unspecified atom stereocenters. The fourth-order valence-electron chi connectivity index (χ4n) is 1.48. The van der Waals surface area contributed by atoms with Gasteiger partial charge in [-0.1, -0.05) is 0 Å². The first kappa shape index (κ1) is 8.42. The zero-order valence-corrected chi connectivity index (χ0v) is 6.78. The summed E-state index contributed by atoms with van der Waals surface area (Å²) in [6, 6.07) is -1.19. The maximum Gasteiger partial charge on any atom is 0.331 e. The maximum atomic E-state index is 11.4. The lowest BCUT2D eigenvalue weighted by Gasteiger charge is -2.33. The summed E-state index contributed by atoms with van der Waals surface area (Å²) in [5.74, 6) is -1.63. The summed E-state index contributed by atoms with van der Waals surface area (Å²) >= 11 is 0. The zero-order chi connectivity index (χ0) is 9.42. The molecule has 2 heterocycles. The minimum Gasteiger partial charge on any atom is -0.480 e. The monoisotopic (exact) mass is 186 g/mol. The molecule has 4 N–H and O–H groups in total. The van der Waals surface area contributed by atoms with Crippen LogP contribution in [0.3, 0.4) is 0 Å². The molecule has 13 heavy (non-hydrogen) atoms. The van der Waals surface area contributed by atoms with Gasteiger partial charge in [-0.25, -0.2) is 21.1 Å². The van der Waals surface area contributed by atoms with Gasteiger partial charge in [-0.3, -0.25) is 9.80 Å². The SMILES string of the molecule is O=C(O)C1NNC2CCNN2C1=O. The zero-order valence-electron chi connectivity index (χ0n) is 6.78. The van der Waals surface area contributed by atoms with Crippen molar-refractivity contribution >= 4 is 11.9 Å². The quantitative estimate of drug-likeness (QED) is 0.341. The summed E-state index contributed by atoms with van der Waals surface area (Å²) in [4.78, 5) is 22.0. The standard InChI is InChI=1S/C6H10N4O3/c11-5-4(6(12)13)9-8-3-1-2-7-10(3)5/h3-4,7-9H,1-2H2,(H,12,13). The number of nitrogens with zero attached hydrogens (tertiary/aromatic N) is 1. The predicted octanol–water partition coefficient (Wildman–Crippen LogP) is -2.39. The van der Waals surface area contributed by atoms with E-state index in [1.54, 1.807) is 0 Å². The average Bonchev–Trinajstić information content (AvgIpc) is 2.52. The van der Waals surface area contributed by atoms with Crippen molar-refractivity contribution in [3.63, 3.8) is 0 Å². The first-order chi connectivity index (χ1) is 6.20. The summed E-state index contributed by atoms with van der Waals surface area (Å²) in [5, 5.41) is 9.98. The van der Waals surface area contributed by atoms with Crippen molar-refractivity contribution in [2.75, 3.05) is 6.54 Å². The summed E-state index contributed by atoms with van der Waals surface area (Å²) in [5.41, 5.74) is 8.02. The number of carbonyl (C=O) groups is 2. The number of aliphatic carboxylic acids is 1. The fourth-order valence-corrected chi connectivity index (χ4v) is 1.48. The highest BCUT2D eigenvalue weighted by atomic mass is 16.4. The van der Waals surface area contributed by atoms with Gasteiger partial charge in [0, 0.05) is 6.54 Å².